The van der Waals surface area contributed by atoms with Gasteiger partial charge in [0, 0.05) is 37.4 Å². The third kappa shape index (κ3) is 6.93. The molecule has 0 amide bonds. The predicted molar refractivity (Wildman–Crippen MR) is 144 cm³/mol. The minimum absolute atomic E-state index is 0. The topological polar surface area (TPSA) is 78.6 Å². The Labute approximate surface area is 213 Å². The first kappa shape index (κ1) is 25.0. The molecular formula is C25H33IN6O. The molecule has 2 N–H and O–H groups in total. The zero-order valence-electron chi connectivity index (χ0n) is 19.5. The molecule has 176 valence electrons. The summed E-state index contributed by atoms with van der Waals surface area (Å²) in [7, 11) is 0. The number of rotatable bonds is 6. The predicted octanol–water partition coefficient (Wildman–Crippen LogP) is 4.70. The summed E-state index contributed by atoms with van der Waals surface area (Å²) in [5.41, 5.74) is 3.44. The summed E-state index contributed by atoms with van der Waals surface area (Å²) in [6.45, 7) is 9.37. The van der Waals surface area contributed by atoms with Gasteiger partial charge in [-0.2, -0.15) is 0 Å². The lowest BCUT2D eigenvalue weighted by molar-refractivity contribution is 0.458. The molecular weight excluding hydrogens is 527 g/mol. The van der Waals surface area contributed by atoms with Crippen LogP contribution in [0.2, 0.25) is 0 Å². The summed E-state index contributed by atoms with van der Waals surface area (Å²) < 4.78 is 5.91. The molecule has 0 atom stereocenters. The van der Waals surface area contributed by atoms with Crippen molar-refractivity contribution in [2.24, 2.45) is 4.99 Å². The molecule has 0 saturated carbocycles. The van der Waals surface area contributed by atoms with E-state index in [2.05, 4.69) is 70.5 Å². The van der Waals surface area contributed by atoms with Gasteiger partial charge in [0.25, 0.3) is 0 Å². The van der Waals surface area contributed by atoms with Crippen LogP contribution < -0.4 is 15.5 Å². The molecule has 0 spiro atoms. The monoisotopic (exact) mass is 560 g/mol. The quantitative estimate of drug-likeness (QED) is 0.259. The Morgan fingerprint density at radius 3 is 2.42 bits per heavy atom. The number of oxazole rings is 1. The maximum absolute atomic E-state index is 5.91. The molecule has 33 heavy (non-hydrogen) atoms. The average molecular weight is 560 g/mol. The Kier molecular flexibility index (Phi) is 9.11. The second-order valence-electron chi connectivity index (χ2n) is 8.28. The molecule has 7 nitrogen and oxygen atoms in total. The fourth-order valence-electron chi connectivity index (χ4n) is 3.79. The van der Waals surface area contributed by atoms with Gasteiger partial charge in [-0.25, -0.2) is 15.0 Å². The van der Waals surface area contributed by atoms with E-state index in [4.69, 9.17) is 9.41 Å². The number of aryl methyl sites for hydroxylation is 2. The Bertz CT molecular complexity index is 1020. The maximum Gasteiger partial charge on any atom is 0.216 e. The molecule has 0 bridgehead atoms. The van der Waals surface area contributed by atoms with Crippen molar-refractivity contribution in [3.63, 3.8) is 0 Å². The van der Waals surface area contributed by atoms with Gasteiger partial charge in [-0.15, -0.1) is 24.0 Å². The lowest BCUT2D eigenvalue weighted by Gasteiger charge is -2.33. The molecule has 1 aliphatic rings. The van der Waals surface area contributed by atoms with Crippen molar-refractivity contribution in [2.45, 2.75) is 46.2 Å². The number of pyridine rings is 1. The van der Waals surface area contributed by atoms with Gasteiger partial charge < -0.3 is 20.0 Å². The summed E-state index contributed by atoms with van der Waals surface area (Å²) in [6.07, 6.45) is 5.78. The van der Waals surface area contributed by atoms with E-state index in [1.165, 1.54) is 11.1 Å². The lowest BCUT2D eigenvalue weighted by Crippen LogP contribution is -2.48. The van der Waals surface area contributed by atoms with Gasteiger partial charge in [0.05, 0.1) is 6.20 Å². The molecule has 3 aromatic rings. The van der Waals surface area contributed by atoms with Gasteiger partial charge in [0.15, 0.2) is 11.7 Å². The second kappa shape index (κ2) is 12.0. The van der Waals surface area contributed by atoms with E-state index in [1.807, 2.05) is 18.3 Å². The molecule has 1 aliphatic heterocycles. The van der Waals surface area contributed by atoms with Gasteiger partial charge >= 0.3 is 0 Å². The highest BCUT2D eigenvalue weighted by Crippen LogP contribution is 2.21. The molecule has 1 aromatic carbocycles. The fraction of sp³-hybridized carbons (Fsp3) is 0.400. The Morgan fingerprint density at radius 1 is 1.03 bits per heavy atom. The minimum atomic E-state index is 0. The van der Waals surface area contributed by atoms with Crippen molar-refractivity contribution in [2.75, 3.05) is 24.5 Å². The number of hydrogen-bond acceptors (Lipinski definition) is 5. The number of piperidine rings is 1. The Hall–Kier alpha value is -2.62. The smallest absolute Gasteiger partial charge is 0.216 e. The van der Waals surface area contributed by atoms with Crippen LogP contribution in [-0.2, 0) is 6.54 Å². The number of aromatic nitrogens is 2. The van der Waals surface area contributed by atoms with Crippen molar-refractivity contribution in [1.29, 1.82) is 0 Å². The second-order valence-corrected chi connectivity index (χ2v) is 8.28. The number of aliphatic imine (C=N–C) groups is 1. The van der Waals surface area contributed by atoms with Gasteiger partial charge in [-0.3, -0.25) is 0 Å². The van der Waals surface area contributed by atoms with Gasteiger partial charge in [0.2, 0.25) is 5.89 Å². The number of benzene rings is 1. The zero-order valence-corrected chi connectivity index (χ0v) is 21.9. The molecule has 8 heteroatoms. The molecule has 4 rings (SSSR count). The molecule has 0 aliphatic carbocycles. The molecule has 1 saturated heterocycles. The van der Waals surface area contributed by atoms with Crippen LogP contribution in [0.3, 0.4) is 0 Å². The van der Waals surface area contributed by atoms with Crippen LogP contribution in [0.25, 0.3) is 11.3 Å². The van der Waals surface area contributed by atoms with Crippen LogP contribution in [-0.4, -0.2) is 41.6 Å². The summed E-state index contributed by atoms with van der Waals surface area (Å²) >= 11 is 0. The number of nitrogens with one attached hydrogen (secondary N) is 2. The van der Waals surface area contributed by atoms with Crippen LogP contribution in [0.1, 0.15) is 36.8 Å². The Balaban J connectivity index is 0.00000306. The SMILES string of the molecule is CCNC(=NCc1ncc(-c2ccc(C)cc2)o1)NC1CCN(c2ccc(C)cn2)CC1.I. The normalized spacial score (nSPS) is 14.6. The number of guanidine groups is 1. The zero-order chi connectivity index (χ0) is 22.3. The summed E-state index contributed by atoms with van der Waals surface area (Å²) in [6, 6.07) is 12.8. The summed E-state index contributed by atoms with van der Waals surface area (Å²) in [5, 5.41) is 6.91. The van der Waals surface area contributed by atoms with E-state index in [1.54, 1.807) is 6.20 Å². The van der Waals surface area contributed by atoms with E-state index in [0.717, 1.165) is 55.6 Å². The van der Waals surface area contributed by atoms with E-state index in [9.17, 15) is 0 Å². The third-order valence-electron chi connectivity index (χ3n) is 5.66. The largest absolute Gasteiger partial charge is 0.439 e. The first-order valence-corrected chi connectivity index (χ1v) is 11.3. The molecule has 0 radical (unpaired) electrons. The van der Waals surface area contributed by atoms with E-state index in [0.29, 0.717) is 18.5 Å². The van der Waals surface area contributed by atoms with Crippen molar-refractivity contribution in [3.8, 4) is 11.3 Å². The summed E-state index contributed by atoms with van der Waals surface area (Å²) in [5.74, 6) is 3.24. The highest BCUT2D eigenvalue weighted by atomic mass is 127. The Morgan fingerprint density at radius 2 is 1.76 bits per heavy atom. The first-order valence-electron chi connectivity index (χ1n) is 11.3. The van der Waals surface area contributed by atoms with Gasteiger partial charge in [0.1, 0.15) is 12.4 Å². The standard InChI is InChI=1S/C25H32N6O.HI/c1-4-26-25(29-17-24-28-16-22(32-24)20-8-5-18(2)6-9-20)30-21-11-13-31(14-12-21)23-10-7-19(3)15-27-23;/h5-10,15-16,21H,4,11-14,17H2,1-3H3,(H2,26,29,30);1H. The average Bonchev–Trinajstić information content (AvgIpc) is 3.28. The lowest BCUT2D eigenvalue weighted by atomic mass is 10.1. The van der Waals surface area contributed by atoms with Crippen molar-refractivity contribution in [3.05, 3.63) is 65.8 Å². The molecule has 3 heterocycles. The maximum atomic E-state index is 5.91. The fourth-order valence-corrected chi connectivity index (χ4v) is 3.79. The molecule has 1 fully saturated rings. The van der Waals surface area contributed by atoms with E-state index >= 15 is 0 Å². The number of hydrogen-bond donors (Lipinski definition) is 2. The minimum Gasteiger partial charge on any atom is -0.439 e. The number of halogens is 1. The highest BCUT2D eigenvalue weighted by molar-refractivity contribution is 14.0. The van der Waals surface area contributed by atoms with Crippen LogP contribution in [0, 0.1) is 13.8 Å². The van der Waals surface area contributed by atoms with E-state index < -0.39 is 0 Å². The van der Waals surface area contributed by atoms with Crippen molar-refractivity contribution in [1.82, 2.24) is 20.6 Å². The van der Waals surface area contributed by atoms with Gasteiger partial charge in [-0.1, -0.05) is 35.9 Å². The first-order chi connectivity index (χ1) is 15.6. The van der Waals surface area contributed by atoms with Crippen LogP contribution in [0.15, 0.2) is 58.2 Å². The van der Waals surface area contributed by atoms with Crippen molar-refractivity contribution < 1.29 is 4.42 Å². The van der Waals surface area contributed by atoms with E-state index in [-0.39, 0.29) is 24.0 Å². The highest BCUT2D eigenvalue weighted by Gasteiger charge is 2.21. The molecule has 0 unspecified atom stereocenters. The number of anilines is 1. The van der Waals surface area contributed by atoms with Crippen LogP contribution in [0.5, 0.6) is 0 Å². The number of nitrogens with zero attached hydrogens (tertiary/aromatic N) is 4. The summed E-state index contributed by atoms with van der Waals surface area (Å²) in [4.78, 5) is 16.0. The van der Waals surface area contributed by atoms with Gasteiger partial charge in [-0.05, 0) is 45.2 Å². The molecule has 2 aromatic heterocycles. The van der Waals surface area contributed by atoms with Crippen molar-refractivity contribution >= 4 is 35.8 Å². The third-order valence-corrected chi connectivity index (χ3v) is 5.66. The van der Waals surface area contributed by atoms with Crippen LogP contribution >= 0.6 is 24.0 Å². The van der Waals surface area contributed by atoms with Crippen LogP contribution in [0.4, 0.5) is 5.82 Å².